The molecule has 0 aromatic carbocycles. The first-order valence-corrected chi connectivity index (χ1v) is 29.8. The summed E-state index contributed by atoms with van der Waals surface area (Å²) < 4.78 is 0. The fourth-order valence-corrected chi connectivity index (χ4v) is 4.06. The normalized spacial score (nSPS) is 14.1. The summed E-state index contributed by atoms with van der Waals surface area (Å²) in [5, 5.41) is 0. The Bertz CT molecular complexity index is 700. The molecular formula is C65H146. The standard InChI is InChI=1S/2C6H12.8C6H14.C5H10/c1-5(2)6-3-4-6;1-2-3-6-4-5-6;2*1-5-6(2,3)4;1-5(2)6(3)4;2*1-4-5-6(2)3;2*1-4-6(3)5-2;1-3-5-6-4-2;1-5(2)3-4-5/h5-6H,3-4H2,1-2H3;6H,2-5H2,1H3;2*5H2,1-4H3;5-6H,1-4H3;4*6H,4-5H2,1-3H3;3-6H2,1-2H3;3-4H2,1-2H3. The van der Waals surface area contributed by atoms with Gasteiger partial charge in [0.05, 0.1) is 0 Å². The summed E-state index contributed by atoms with van der Waals surface area (Å²) in [4.78, 5) is 0. The van der Waals surface area contributed by atoms with Crippen LogP contribution >= 0.6 is 0 Å². The maximum absolute atomic E-state index is 2.30. The first kappa shape index (κ1) is 81.9. The number of hydrogen-bond donors (Lipinski definition) is 0. The van der Waals surface area contributed by atoms with Gasteiger partial charge in [0.25, 0.3) is 0 Å². The molecule has 0 aromatic heterocycles. The second-order valence-electron chi connectivity index (χ2n) is 25.7. The lowest BCUT2D eigenvalue weighted by Gasteiger charge is -2.12. The Hall–Kier alpha value is 0. The van der Waals surface area contributed by atoms with Gasteiger partial charge in [-0.05, 0) is 95.2 Å². The van der Waals surface area contributed by atoms with Gasteiger partial charge in [-0.2, -0.15) is 0 Å². The molecule has 0 nitrogen and oxygen atoms in total. The van der Waals surface area contributed by atoms with Crippen molar-refractivity contribution in [3.63, 3.8) is 0 Å². The van der Waals surface area contributed by atoms with Gasteiger partial charge >= 0.3 is 0 Å². The SMILES string of the molecule is CC(C)C(C)C.CC(C)C1CC1.CC1(C)CC1.CCC(C)(C)C.CCC(C)(C)C.CCC(C)CC.CCC(C)CC.CCCC(C)C.CCCC(C)C.CCCC1CC1.CCCCCC. The maximum atomic E-state index is 2.30. The average Bonchev–Trinajstić information content (AvgIpc) is 4.10. The summed E-state index contributed by atoms with van der Waals surface area (Å²) in [5.74, 6) is 8.58. The minimum absolute atomic E-state index is 0.542. The second-order valence-corrected chi connectivity index (χ2v) is 25.7. The zero-order valence-electron chi connectivity index (χ0n) is 53.3. The molecule has 0 heterocycles. The van der Waals surface area contributed by atoms with Crippen molar-refractivity contribution in [3.8, 4) is 0 Å². The number of hydrogen-bond acceptors (Lipinski definition) is 0. The quantitative estimate of drug-likeness (QED) is 0.144. The number of unbranched alkanes of at least 4 members (excludes halogenated alkanes) is 3. The van der Waals surface area contributed by atoms with E-state index in [1.54, 1.807) is 0 Å². The highest BCUT2D eigenvalue weighted by Gasteiger charge is 2.30. The molecule has 0 saturated heterocycles. The van der Waals surface area contributed by atoms with Crippen LogP contribution in [0.15, 0.2) is 0 Å². The fraction of sp³-hybridized carbons (Fsp3) is 1.00. The molecule has 406 valence electrons. The topological polar surface area (TPSA) is 0 Å². The lowest BCUT2D eigenvalue weighted by atomic mass is 9.94. The molecule has 3 aliphatic rings. The molecule has 0 radical (unpaired) electrons. The summed E-state index contributed by atoms with van der Waals surface area (Å²) >= 11 is 0. The lowest BCUT2D eigenvalue weighted by molar-refractivity contribution is 0.397. The van der Waals surface area contributed by atoms with Crippen molar-refractivity contribution in [2.45, 2.75) is 356 Å². The van der Waals surface area contributed by atoms with Crippen LogP contribution in [-0.2, 0) is 0 Å². The highest BCUT2D eigenvalue weighted by atomic mass is 14.4. The molecule has 0 bridgehead atoms. The Kier molecular flexibility index (Phi) is 71.3. The molecule has 0 amide bonds. The van der Waals surface area contributed by atoms with Gasteiger partial charge in [-0.3, -0.25) is 0 Å². The summed E-state index contributed by atoms with van der Waals surface area (Å²) in [6.45, 7) is 69.7. The third-order valence-corrected chi connectivity index (χ3v) is 13.1. The highest BCUT2D eigenvalue weighted by molar-refractivity contribution is 4.82. The minimum Gasteiger partial charge on any atom is -0.0654 e. The van der Waals surface area contributed by atoms with Gasteiger partial charge in [0.15, 0.2) is 0 Å². The van der Waals surface area contributed by atoms with Gasteiger partial charge < -0.3 is 0 Å². The van der Waals surface area contributed by atoms with E-state index in [-0.39, 0.29) is 0 Å². The van der Waals surface area contributed by atoms with E-state index in [0.717, 1.165) is 58.7 Å². The Morgan fingerprint density at radius 2 is 0.677 bits per heavy atom. The zero-order chi connectivity index (χ0) is 53.3. The largest absolute Gasteiger partial charge is 0.0654 e. The van der Waals surface area contributed by atoms with Crippen LogP contribution in [0.25, 0.3) is 0 Å². The van der Waals surface area contributed by atoms with Gasteiger partial charge in [0, 0.05) is 0 Å². The van der Waals surface area contributed by atoms with Gasteiger partial charge in [-0.1, -0.05) is 330 Å². The van der Waals surface area contributed by atoms with Crippen molar-refractivity contribution < 1.29 is 0 Å². The molecule has 65 heavy (non-hydrogen) atoms. The van der Waals surface area contributed by atoms with Crippen LogP contribution in [0.4, 0.5) is 0 Å². The van der Waals surface area contributed by atoms with Gasteiger partial charge in [0.1, 0.15) is 0 Å². The Morgan fingerprint density at radius 1 is 0.415 bits per heavy atom. The molecule has 3 fully saturated rings. The van der Waals surface area contributed by atoms with Crippen molar-refractivity contribution in [1.82, 2.24) is 0 Å². The molecule has 0 unspecified atom stereocenters. The van der Waals surface area contributed by atoms with Crippen LogP contribution in [0.2, 0.25) is 0 Å². The monoisotopic (exact) mass is 927 g/mol. The van der Waals surface area contributed by atoms with Crippen LogP contribution in [0.3, 0.4) is 0 Å². The van der Waals surface area contributed by atoms with Crippen molar-refractivity contribution >= 4 is 0 Å². The van der Waals surface area contributed by atoms with Gasteiger partial charge in [0.2, 0.25) is 0 Å². The number of rotatable bonds is 15. The molecule has 0 spiro atoms. The Morgan fingerprint density at radius 3 is 0.708 bits per heavy atom. The molecular weight excluding hydrogens is 781 g/mol. The maximum Gasteiger partial charge on any atom is -0.0354 e. The zero-order valence-corrected chi connectivity index (χ0v) is 53.3. The van der Waals surface area contributed by atoms with E-state index in [1.165, 1.54) is 141 Å². The van der Waals surface area contributed by atoms with E-state index in [0.29, 0.717) is 10.8 Å². The van der Waals surface area contributed by atoms with Crippen LogP contribution in [-0.4, -0.2) is 0 Å². The molecule has 3 saturated carbocycles. The molecule has 3 rings (SSSR count). The fourth-order valence-electron chi connectivity index (χ4n) is 4.06. The Labute approximate surface area is 423 Å². The first-order valence-electron chi connectivity index (χ1n) is 29.8. The van der Waals surface area contributed by atoms with Crippen LogP contribution < -0.4 is 0 Å². The van der Waals surface area contributed by atoms with E-state index < -0.39 is 0 Å². The van der Waals surface area contributed by atoms with Crippen LogP contribution in [0.5, 0.6) is 0 Å². The average molecular weight is 928 g/mol. The van der Waals surface area contributed by atoms with E-state index in [4.69, 9.17) is 0 Å². The molecule has 3 aliphatic carbocycles. The van der Waals surface area contributed by atoms with Gasteiger partial charge in [-0.15, -0.1) is 0 Å². The summed E-state index contributed by atoms with van der Waals surface area (Å²) in [7, 11) is 0. The van der Waals surface area contributed by atoms with Gasteiger partial charge in [-0.25, -0.2) is 0 Å². The lowest BCUT2D eigenvalue weighted by Crippen LogP contribution is -2.00. The first-order chi connectivity index (χ1) is 29.8. The van der Waals surface area contributed by atoms with Crippen LogP contribution in [0, 0.1) is 69.5 Å². The predicted molar refractivity (Wildman–Crippen MR) is 316 cm³/mol. The van der Waals surface area contributed by atoms with Crippen molar-refractivity contribution in [2.24, 2.45) is 69.5 Å². The molecule has 0 atom stereocenters. The predicted octanol–water partition coefficient (Wildman–Crippen LogP) is 25.6. The Balaban J connectivity index is -0.0000000916. The van der Waals surface area contributed by atoms with Crippen LogP contribution in [0.1, 0.15) is 356 Å². The molecule has 0 heteroatoms. The van der Waals surface area contributed by atoms with Crippen molar-refractivity contribution in [2.75, 3.05) is 0 Å². The van der Waals surface area contributed by atoms with E-state index in [9.17, 15) is 0 Å². The van der Waals surface area contributed by atoms with Crippen molar-refractivity contribution in [1.29, 1.82) is 0 Å². The minimum atomic E-state index is 0.542. The molecule has 0 aliphatic heterocycles. The summed E-state index contributed by atoms with van der Waals surface area (Å²) in [6, 6.07) is 0. The van der Waals surface area contributed by atoms with E-state index in [2.05, 4.69) is 215 Å². The summed E-state index contributed by atoms with van der Waals surface area (Å²) in [5.41, 5.74) is 1.83. The molecule has 0 N–H and O–H groups in total. The third kappa shape index (κ3) is 121. The highest BCUT2D eigenvalue weighted by Crippen LogP contribution is 2.43. The third-order valence-electron chi connectivity index (χ3n) is 13.1. The van der Waals surface area contributed by atoms with E-state index >= 15 is 0 Å². The summed E-state index contributed by atoms with van der Waals surface area (Å²) in [6.07, 6.45) is 30.6. The van der Waals surface area contributed by atoms with Crippen molar-refractivity contribution in [3.05, 3.63) is 0 Å². The van der Waals surface area contributed by atoms with E-state index in [1.807, 2.05) is 0 Å². The molecule has 0 aromatic rings. The second kappa shape index (κ2) is 56.6. The smallest absolute Gasteiger partial charge is 0.0354 e.